The van der Waals surface area contributed by atoms with Gasteiger partial charge in [-0.3, -0.25) is 9.59 Å². The third-order valence-electron chi connectivity index (χ3n) is 4.33. The number of nitrogens with one attached hydrogen (secondary N) is 1. The van der Waals surface area contributed by atoms with E-state index in [1.807, 2.05) is 37.3 Å². The molecule has 2 aromatic carbocycles. The fourth-order valence-electron chi connectivity index (χ4n) is 2.48. The summed E-state index contributed by atoms with van der Waals surface area (Å²) in [5.74, 6) is -1.21. The molecule has 8 heteroatoms. The van der Waals surface area contributed by atoms with Crippen molar-refractivity contribution in [1.29, 1.82) is 0 Å². The van der Waals surface area contributed by atoms with Crippen LogP contribution in [0.5, 0.6) is 0 Å². The number of hydrogen-bond acceptors (Lipinski definition) is 5. The second-order valence-electron chi connectivity index (χ2n) is 6.36. The van der Waals surface area contributed by atoms with Gasteiger partial charge in [-0.05, 0) is 31.5 Å². The van der Waals surface area contributed by atoms with Crippen LogP contribution in [-0.2, 0) is 24.3 Å². The van der Waals surface area contributed by atoms with Crippen LogP contribution in [0.2, 0.25) is 0 Å². The molecule has 0 aromatic heterocycles. The average Bonchev–Trinajstić information content (AvgIpc) is 2.71. The Morgan fingerprint density at radius 2 is 1.54 bits per heavy atom. The molecule has 0 aliphatic heterocycles. The first-order valence-corrected chi connectivity index (χ1v) is 10.3. The van der Waals surface area contributed by atoms with E-state index in [4.69, 9.17) is 4.74 Å². The Hall–Kier alpha value is -2.71. The van der Waals surface area contributed by atoms with Crippen LogP contribution in [0.25, 0.3) is 0 Å². The van der Waals surface area contributed by atoms with Crippen LogP contribution in [0, 0.1) is 0 Å². The Kier molecular flexibility index (Phi) is 7.31. The highest BCUT2D eigenvalue weighted by Gasteiger charge is 2.25. The van der Waals surface area contributed by atoms with E-state index in [1.165, 1.54) is 24.0 Å². The van der Waals surface area contributed by atoms with E-state index < -0.39 is 28.6 Å². The molecular formula is C20H24N2O5S. The number of likely N-dealkylation sites (N-methyl/N-ethyl adjacent to an activating group) is 1. The van der Waals surface area contributed by atoms with Gasteiger partial charge in [0.05, 0.1) is 10.9 Å². The maximum absolute atomic E-state index is 12.3. The summed E-state index contributed by atoms with van der Waals surface area (Å²) in [6.45, 7) is 2.76. The summed E-state index contributed by atoms with van der Waals surface area (Å²) < 4.78 is 31.7. The molecule has 0 radical (unpaired) electrons. The number of ether oxygens (including phenoxy) is 1. The predicted octanol–water partition coefficient (Wildman–Crippen LogP) is 2.12. The summed E-state index contributed by atoms with van der Waals surface area (Å²) in [7, 11) is -2.23. The van der Waals surface area contributed by atoms with Crippen molar-refractivity contribution in [1.82, 2.24) is 9.62 Å². The van der Waals surface area contributed by atoms with E-state index >= 15 is 0 Å². The Morgan fingerprint density at radius 1 is 1.00 bits per heavy atom. The third-order valence-corrected chi connectivity index (χ3v) is 5.89. The van der Waals surface area contributed by atoms with Gasteiger partial charge in [-0.2, -0.15) is 4.72 Å². The van der Waals surface area contributed by atoms with Crippen LogP contribution >= 0.6 is 0 Å². The maximum atomic E-state index is 12.3. The van der Waals surface area contributed by atoms with Crippen molar-refractivity contribution in [2.75, 3.05) is 13.7 Å². The number of esters is 1. The van der Waals surface area contributed by atoms with Crippen molar-refractivity contribution in [2.45, 2.75) is 30.8 Å². The van der Waals surface area contributed by atoms with Crippen molar-refractivity contribution in [3.05, 3.63) is 66.2 Å². The first-order chi connectivity index (χ1) is 13.2. The molecule has 0 bridgehead atoms. The number of amides is 1. The second kappa shape index (κ2) is 9.48. The van der Waals surface area contributed by atoms with Gasteiger partial charge >= 0.3 is 5.97 Å². The van der Waals surface area contributed by atoms with Crippen LogP contribution in [0.3, 0.4) is 0 Å². The van der Waals surface area contributed by atoms with E-state index in [0.717, 1.165) is 5.56 Å². The topological polar surface area (TPSA) is 92.8 Å². The van der Waals surface area contributed by atoms with E-state index in [0.29, 0.717) is 0 Å². The molecular weight excluding hydrogens is 380 g/mol. The van der Waals surface area contributed by atoms with Gasteiger partial charge in [0.1, 0.15) is 6.04 Å². The van der Waals surface area contributed by atoms with Gasteiger partial charge in [-0.15, -0.1) is 0 Å². The summed E-state index contributed by atoms with van der Waals surface area (Å²) in [6, 6.07) is 15.8. The second-order valence-corrected chi connectivity index (χ2v) is 8.07. The Morgan fingerprint density at radius 3 is 2.11 bits per heavy atom. The van der Waals surface area contributed by atoms with Crippen LogP contribution in [0.4, 0.5) is 0 Å². The molecule has 150 valence electrons. The largest absolute Gasteiger partial charge is 0.454 e. The molecule has 0 aliphatic rings. The molecule has 2 atom stereocenters. The number of nitrogens with zero attached hydrogens (tertiary/aromatic N) is 1. The maximum Gasteiger partial charge on any atom is 0.324 e. The Labute approximate surface area is 165 Å². The lowest BCUT2D eigenvalue weighted by Crippen LogP contribution is -2.41. The van der Waals surface area contributed by atoms with Gasteiger partial charge in [0, 0.05) is 7.05 Å². The fraction of sp³-hybridized carbons (Fsp3) is 0.300. The normalized spacial score (nSPS) is 13.4. The molecule has 7 nitrogen and oxygen atoms in total. The molecule has 28 heavy (non-hydrogen) atoms. The summed E-state index contributed by atoms with van der Waals surface area (Å²) in [5, 5.41) is 0. The van der Waals surface area contributed by atoms with Crippen LogP contribution < -0.4 is 4.72 Å². The summed E-state index contributed by atoms with van der Waals surface area (Å²) in [6.07, 6.45) is 0. The molecule has 0 fully saturated rings. The molecule has 1 N–H and O–H groups in total. The average molecular weight is 404 g/mol. The van der Waals surface area contributed by atoms with Gasteiger partial charge in [0.25, 0.3) is 5.91 Å². The molecule has 0 saturated carbocycles. The number of rotatable bonds is 8. The summed E-state index contributed by atoms with van der Waals surface area (Å²) in [5.41, 5.74) is 0.952. The number of hydrogen-bond donors (Lipinski definition) is 1. The molecule has 0 aliphatic carbocycles. The Bertz CT molecular complexity index is 901. The molecule has 2 rings (SSSR count). The zero-order chi connectivity index (χ0) is 20.7. The SMILES string of the molecule is CC(c1ccccc1)N(C)C(=O)COC(=O)[C@H](C)NS(=O)(=O)c1ccccc1. The quantitative estimate of drug-likeness (QED) is 0.681. The molecule has 0 saturated heterocycles. The van der Waals surface area contributed by atoms with E-state index in [2.05, 4.69) is 4.72 Å². The zero-order valence-corrected chi connectivity index (χ0v) is 16.8. The van der Waals surface area contributed by atoms with Crippen LogP contribution in [-0.4, -0.2) is 44.9 Å². The van der Waals surface area contributed by atoms with E-state index in [-0.39, 0.29) is 16.8 Å². The lowest BCUT2D eigenvalue weighted by molar-refractivity contribution is -0.153. The summed E-state index contributed by atoms with van der Waals surface area (Å²) in [4.78, 5) is 25.9. The van der Waals surface area contributed by atoms with Crippen LogP contribution in [0.15, 0.2) is 65.6 Å². The van der Waals surface area contributed by atoms with Gasteiger partial charge in [-0.25, -0.2) is 8.42 Å². The number of carbonyl (C=O) groups is 2. The first kappa shape index (κ1) is 21.6. The molecule has 1 unspecified atom stereocenters. The smallest absolute Gasteiger partial charge is 0.324 e. The first-order valence-electron chi connectivity index (χ1n) is 8.77. The standard InChI is InChI=1S/C20H24N2O5S/c1-15(21-28(25,26)18-12-8-5-9-13-18)20(24)27-14-19(23)22(3)16(2)17-10-6-4-7-11-17/h4-13,15-16,21H,14H2,1-3H3/t15-,16?/m0/s1. The van der Waals surface area contributed by atoms with Crippen LogP contribution in [0.1, 0.15) is 25.5 Å². The van der Waals surface area contributed by atoms with Crippen molar-refractivity contribution in [3.8, 4) is 0 Å². The van der Waals surface area contributed by atoms with Gasteiger partial charge in [0.15, 0.2) is 6.61 Å². The van der Waals surface area contributed by atoms with E-state index in [9.17, 15) is 18.0 Å². The minimum Gasteiger partial charge on any atom is -0.454 e. The molecule has 0 heterocycles. The fourth-order valence-corrected chi connectivity index (χ4v) is 3.69. The predicted molar refractivity (Wildman–Crippen MR) is 105 cm³/mol. The minimum atomic E-state index is -3.86. The highest BCUT2D eigenvalue weighted by Crippen LogP contribution is 2.18. The van der Waals surface area contributed by atoms with Gasteiger partial charge < -0.3 is 9.64 Å². The van der Waals surface area contributed by atoms with E-state index in [1.54, 1.807) is 25.2 Å². The summed E-state index contributed by atoms with van der Waals surface area (Å²) >= 11 is 0. The lowest BCUT2D eigenvalue weighted by atomic mass is 10.1. The lowest BCUT2D eigenvalue weighted by Gasteiger charge is -2.25. The van der Waals surface area contributed by atoms with Gasteiger partial charge in [0.2, 0.25) is 10.0 Å². The number of carbonyl (C=O) groups excluding carboxylic acids is 2. The number of benzene rings is 2. The molecule has 1 amide bonds. The molecule has 0 spiro atoms. The van der Waals surface area contributed by atoms with Crippen molar-refractivity contribution in [3.63, 3.8) is 0 Å². The van der Waals surface area contributed by atoms with Gasteiger partial charge in [-0.1, -0.05) is 48.5 Å². The van der Waals surface area contributed by atoms with Crippen molar-refractivity contribution in [2.24, 2.45) is 0 Å². The third kappa shape index (κ3) is 5.64. The number of sulfonamides is 1. The minimum absolute atomic E-state index is 0.0437. The zero-order valence-electron chi connectivity index (χ0n) is 16.0. The highest BCUT2D eigenvalue weighted by atomic mass is 32.2. The molecule has 2 aromatic rings. The highest BCUT2D eigenvalue weighted by molar-refractivity contribution is 7.89. The van der Waals surface area contributed by atoms with Crippen molar-refractivity contribution >= 4 is 21.9 Å². The van der Waals surface area contributed by atoms with Crippen molar-refractivity contribution < 1.29 is 22.7 Å². The Balaban J connectivity index is 1.89. The monoisotopic (exact) mass is 404 g/mol.